The quantitative estimate of drug-likeness (QED) is 0.560. The van der Waals surface area contributed by atoms with E-state index in [0.717, 1.165) is 35.2 Å². The highest BCUT2D eigenvalue weighted by Crippen LogP contribution is 2.29. The highest BCUT2D eigenvalue weighted by Gasteiger charge is 2.26. The third-order valence-corrected chi connectivity index (χ3v) is 5.82. The minimum absolute atomic E-state index is 0.203. The van der Waals surface area contributed by atoms with E-state index in [1.807, 2.05) is 28.8 Å². The Morgan fingerprint density at radius 2 is 1.97 bits per heavy atom. The summed E-state index contributed by atoms with van der Waals surface area (Å²) in [5, 5.41) is 13.9. The third kappa shape index (κ3) is 4.00. The second-order valence-electron chi connectivity index (χ2n) is 8.11. The molecule has 1 aromatic carbocycles. The van der Waals surface area contributed by atoms with E-state index in [0.29, 0.717) is 18.5 Å². The molecule has 3 aromatic rings. The molecule has 0 unspecified atom stereocenters. The van der Waals surface area contributed by atoms with Crippen LogP contribution in [0.4, 0.5) is 10.2 Å². The molecule has 2 atom stereocenters. The zero-order valence-electron chi connectivity index (χ0n) is 16.6. The normalized spacial score (nSPS) is 21.1. The van der Waals surface area contributed by atoms with Crippen LogP contribution in [0.5, 0.6) is 0 Å². The Bertz CT molecular complexity index is 1050. The van der Waals surface area contributed by atoms with Gasteiger partial charge in [-0.15, -0.1) is 5.10 Å². The van der Waals surface area contributed by atoms with E-state index in [-0.39, 0.29) is 18.5 Å². The minimum atomic E-state index is -0.904. The van der Waals surface area contributed by atoms with Gasteiger partial charge in [-0.3, -0.25) is 4.79 Å². The number of carbonyl (C=O) groups excluding carboxylic acids is 1. The number of aromatic nitrogens is 3. The first kappa shape index (κ1) is 19.0. The second kappa shape index (κ2) is 8.02. The predicted molar refractivity (Wildman–Crippen MR) is 113 cm³/mol. The molecule has 0 bridgehead atoms. The van der Waals surface area contributed by atoms with Crippen molar-refractivity contribution in [3.63, 3.8) is 0 Å². The van der Waals surface area contributed by atoms with Crippen molar-refractivity contribution in [3.8, 4) is 11.3 Å². The number of benzene rings is 1. The topological polar surface area (TPSA) is 83.3 Å². The molecule has 1 saturated heterocycles. The molecule has 7 nitrogen and oxygen atoms in total. The number of nitrogens with one attached hydrogen (secondary N) is 3. The summed E-state index contributed by atoms with van der Waals surface area (Å²) >= 11 is 0. The number of halogens is 1. The van der Waals surface area contributed by atoms with Crippen molar-refractivity contribution in [2.45, 2.75) is 31.5 Å². The molecule has 0 radical (unpaired) electrons. The molecule has 30 heavy (non-hydrogen) atoms. The van der Waals surface area contributed by atoms with Crippen LogP contribution < -0.4 is 16.0 Å². The van der Waals surface area contributed by atoms with Gasteiger partial charge in [0.2, 0.25) is 0 Å². The summed E-state index contributed by atoms with van der Waals surface area (Å²) in [6.07, 6.45) is 3.96. The smallest absolute Gasteiger partial charge is 0.251 e. The number of carbonyl (C=O) groups is 1. The molecule has 2 aliphatic rings. The lowest BCUT2D eigenvalue weighted by molar-refractivity contribution is 0.0946. The van der Waals surface area contributed by atoms with Crippen LogP contribution in [-0.4, -0.2) is 52.4 Å². The fraction of sp³-hybridized carbons (Fsp3) is 0.409. The van der Waals surface area contributed by atoms with Crippen LogP contribution in [-0.2, 0) is 0 Å². The van der Waals surface area contributed by atoms with Gasteiger partial charge in [-0.05, 0) is 56.0 Å². The molecule has 0 spiro atoms. The summed E-state index contributed by atoms with van der Waals surface area (Å²) in [4.78, 5) is 16.8. The summed E-state index contributed by atoms with van der Waals surface area (Å²) in [6.45, 7) is 1.89. The van der Waals surface area contributed by atoms with Gasteiger partial charge in [-0.25, -0.2) is 13.9 Å². The molecule has 156 valence electrons. The average Bonchev–Trinajstić information content (AvgIpc) is 3.37. The van der Waals surface area contributed by atoms with Crippen molar-refractivity contribution in [3.05, 3.63) is 48.2 Å². The van der Waals surface area contributed by atoms with Gasteiger partial charge in [0.05, 0.1) is 17.9 Å². The van der Waals surface area contributed by atoms with Crippen LogP contribution in [0.15, 0.2) is 42.6 Å². The Kier molecular flexibility index (Phi) is 5.08. The fourth-order valence-electron chi connectivity index (χ4n) is 3.77. The number of anilines is 1. The Balaban J connectivity index is 1.29. The fourth-order valence-corrected chi connectivity index (χ4v) is 3.77. The lowest BCUT2D eigenvalue weighted by Gasteiger charge is -2.14. The van der Waals surface area contributed by atoms with Gasteiger partial charge in [0.15, 0.2) is 5.65 Å². The van der Waals surface area contributed by atoms with Gasteiger partial charge >= 0.3 is 0 Å². The van der Waals surface area contributed by atoms with Crippen LogP contribution in [0.25, 0.3) is 16.9 Å². The van der Waals surface area contributed by atoms with Gasteiger partial charge in [-0.2, -0.15) is 0 Å². The number of hydrogen-bond acceptors (Lipinski definition) is 5. The van der Waals surface area contributed by atoms with E-state index in [1.165, 1.54) is 12.8 Å². The van der Waals surface area contributed by atoms with Crippen molar-refractivity contribution >= 4 is 17.4 Å². The number of amides is 1. The highest BCUT2D eigenvalue weighted by molar-refractivity contribution is 5.94. The Morgan fingerprint density at radius 3 is 2.70 bits per heavy atom. The maximum atomic E-state index is 13.7. The molecular weight excluding hydrogens is 383 g/mol. The van der Waals surface area contributed by atoms with E-state index in [2.05, 4.69) is 26.0 Å². The van der Waals surface area contributed by atoms with E-state index in [4.69, 9.17) is 0 Å². The van der Waals surface area contributed by atoms with Crippen molar-refractivity contribution in [2.24, 2.45) is 5.92 Å². The number of fused-ring (bicyclic) bond motifs is 1. The van der Waals surface area contributed by atoms with Gasteiger partial charge in [0, 0.05) is 24.2 Å². The first-order chi connectivity index (χ1) is 14.7. The molecule has 1 aliphatic heterocycles. The Labute approximate surface area is 174 Å². The molecule has 3 N–H and O–H groups in total. The van der Waals surface area contributed by atoms with Crippen LogP contribution in [0.2, 0.25) is 0 Å². The van der Waals surface area contributed by atoms with E-state index < -0.39 is 6.17 Å². The second-order valence-corrected chi connectivity index (χ2v) is 8.11. The van der Waals surface area contributed by atoms with Gasteiger partial charge in [0.25, 0.3) is 5.91 Å². The SMILES string of the molecule is O=C(NC[C@H]1NCC[C@@H]1F)c1ccc(-c2cnc3ccc(NCC4CC4)nn23)cc1. The summed E-state index contributed by atoms with van der Waals surface area (Å²) < 4.78 is 15.5. The summed E-state index contributed by atoms with van der Waals surface area (Å²) in [5.41, 5.74) is 3.10. The minimum Gasteiger partial charge on any atom is -0.368 e. The Morgan fingerprint density at radius 1 is 1.13 bits per heavy atom. The first-order valence-electron chi connectivity index (χ1n) is 10.5. The number of alkyl halides is 1. The van der Waals surface area contributed by atoms with E-state index in [1.54, 1.807) is 18.3 Å². The van der Waals surface area contributed by atoms with Crippen LogP contribution >= 0.6 is 0 Å². The number of imidazole rings is 1. The van der Waals surface area contributed by atoms with E-state index >= 15 is 0 Å². The van der Waals surface area contributed by atoms with Crippen molar-refractivity contribution in [1.82, 2.24) is 25.2 Å². The van der Waals surface area contributed by atoms with Crippen LogP contribution in [0.1, 0.15) is 29.6 Å². The average molecular weight is 408 g/mol. The third-order valence-electron chi connectivity index (χ3n) is 5.82. The molecular formula is C22H25FN6O. The maximum absolute atomic E-state index is 13.7. The lowest BCUT2D eigenvalue weighted by atomic mass is 10.1. The molecule has 1 amide bonds. The van der Waals surface area contributed by atoms with Crippen molar-refractivity contribution in [2.75, 3.05) is 25.0 Å². The van der Waals surface area contributed by atoms with Gasteiger partial charge in [0.1, 0.15) is 12.0 Å². The van der Waals surface area contributed by atoms with Gasteiger partial charge in [-0.1, -0.05) is 12.1 Å². The number of nitrogens with zero attached hydrogens (tertiary/aromatic N) is 3. The summed E-state index contributed by atoms with van der Waals surface area (Å²) in [5.74, 6) is 1.39. The molecule has 3 heterocycles. The standard InChI is InChI=1S/C22H25FN6O/c23-17-9-10-24-18(17)12-27-22(30)16-5-3-15(4-6-16)19-13-26-21-8-7-20(28-29(19)21)25-11-14-1-2-14/h3-8,13-14,17-18,24H,1-2,9-12H2,(H,25,28)(H,27,30)/t17-,18+/m0/s1. The summed E-state index contributed by atoms with van der Waals surface area (Å²) in [6, 6.07) is 10.9. The monoisotopic (exact) mass is 408 g/mol. The largest absolute Gasteiger partial charge is 0.368 e. The first-order valence-corrected chi connectivity index (χ1v) is 10.5. The number of hydrogen-bond donors (Lipinski definition) is 3. The van der Waals surface area contributed by atoms with Crippen molar-refractivity contribution in [1.29, 1.82) is 0 Å². The highest BCUT2D eigenvalue weighted by atomic mass is 19.1. The van der Waals surface area contributed by atoms with E-state index in [9.17, 15) is 9.18 Å². The maximum Gasteiger partial charge on any atom is 0.251 e. The zero-order chi connectivity index (χ0) is 20.5. The lowest BCUT2D eigenvalue weighted by Crippen LogP contribution is -2.41. The molecule has 5 rings (SSSR count). The molecule has 1 saturated carbocycles. The molecule has 2 aromatic heterocycles. The van der Waals surface area contributed by atoms with Crippen molar-refractivity contribution < 1.29 is 9.18 Å². The zero-order valence-corrected chi connectivity index (χ0v) is 16.6. The predicted octanol–water partition coefficient (Wildman–Crippen LogP) is 2.65. The Hall–Kier alpha value is -3.00. The number of rotatable bonds is 7. The van der Waals surface area contributed by atoms with Crippen LogP contribution in [0.3, 0.4) is 0 Å². The van der Waals surface area contributed by atoms with Crippen LogP contribution in [0, 0.1) is 5.92 Å². The summed E-state index contributed by atoms with van der Waals surface area (Å²) in [7, 11) is 0. The van der Waals surface area contributed by atoms with Gasteiger partial charge < -0.3 is 16.0 Å². The molecule has 2 fully saturated rings. The molecule has 8 heteroatoms. The molecule has 1 aliphatic carbocycles.